The molecule has 0 spiro atoms. The molecule has 0 bridgehead atoms. The van der Waals surface area contributed by atoms with E-state index in [1.54, 1.807) is 49.8 Å². The van der Waals surface area contributed by atoms with E-state index in [9.17, 15) is 4.79 Å². The second-order valence-electron chi connectivity index (χ2n) is 7.14. The van der Waals surface area contributed by atoms with Crippen LogP contribution in [0.5, 0.6) is 5.75 Å². The van der Waals surface area contributed by atoms with Crippen LogP contribution in [0.25, 0.3) is 0 Å². The van der Waals surface area contributed by atoms with E-state index < -0.39 is 0 Å². The quantitative estimate of drug-likeness (QED) is 0.191. The van der Waals surface area contributed by atoms with Crippen LogP contribution >= 0.6 is 35.3 Å². The summed E-state index contributed by atoms with van der Waals surface area (Å²) in [6.45, 7) is 4.20. The summed E-state index contributed by atoms with van der Waals surface area (Å²) in [5.41, 5.74) is 0.614. The van der Waals surface area contributed by atoms with Crippen molar-refractivity contribution in [1.82, 2.24) is 20.9 Å². The van der Waals surface area contributed by atoms with Gasteiger partial charge in [-0.1, -0.05) is 6.07 Å². The van der Waals surface area contributed by atoms with E-state index in [-0.39, 0.29) is 29.9 Å². The molecule has 1 amide bonds. The van der Waals surface area contributed by atoms with Crippen molar-refractivity contribution >= 4 is 47.2 Å². The first kappa shape index (κ1) is 25.4. The number of guanidine groups is 1. The number of rotatable bonds is 9. The van der Waals surface area contributed by atoms with Gasteiger partial charge in [0.2, 0.25) is 0 Å². The zero-order valence-corrected chi connectivity index (χ0v) is 21.2. The van der Waals surface area contributed by atoms with Crippen LogP contribution in [0, 0.1) is 0 Å². The molecule has 1 aromatic heterocycles. The van der Waals surface area contributed by atoms with Crippen LogP contribution < -0.4 is 20.7 Å². The number of hydrogen-bond donors (Lipinski definition) is 3. The Labute approximate surface area is 205 Å². The molecule has 3 N–H and O–H groups in total. The molecule has 0 saturated carbocycles. The van der Waals surface area contributed by atoms with Gasteiger partial charge < -0.3 is 20.7 Å². The van der Waals surface area contributed by atoms with E-state index in [4.69, 9.17) is 4.74 Å². The molecule has 1 aliphatic heterocycles. The number of carbonyl (C=O) groups is 1. The molecule has 1 unspecified atom stereocenters. The average molecular weight is 558 g/mol. The van der Waals surface area contributed by atoms with Crippen LogP contribution in [0.15, 0.2) is 46.8 Å². The van der Waals surface area contributed by atoms with Gasteiger partial charge in [0.15, 0.2) is 5.96 Å². The maximum absolute atomic E-state index is 12.2. The van der Waals surface area contributed by atoms with Crippen molar-refractivity contribution in [2.75, 3.05) is 46.9 Å². The Bertz CT molecular complexity index is 808. The lowest BCUT2D eigenvalue weighted by Gasteiger charge is -2.27. The summed E-state index contributed by atoms with van der Waals surface area (Å²) in [5.74, 6) is 1.38. The molecular formula is C22H32IN5O2S. The minimum absolute atomic E-state index is 0. The van der Waals surface area contributed by atoms with E-state index in [1.807, 2.05) is 0 Å². The van der Waals surface area contributed by atoms with Crippen molar-refractivity contribution < 1.29 is 9.53 Å². The van der Waals surface area contributed by atoms with Crippen LogP contribution in [-0.2, 0) is 0 Å². The molecule has 9 heteroatoms. The molecule has 0 aliphatic carbocycles. The molecule has 0 radical (unpaired) electrons. The second-order valence-corrected chi connectivity index (χ2v) is 8.12. The minimum atomic E-state index is -0.103. The SMILES string of the molecule is CN=C(NCCNC(=O)c1ccc(OC)cc1)NCC(c1cccs1)N1CCCC1.I. The van der Waals surface area contributed by atoms with Crippen molar-refractivity contribution in [1.29, 1.82) is 0 Å². The zero-order chi connectivity index (χ0) is 21.2. The molecule has 7 nitrogen and oxygen atoms in total. The van der Waals surface area contributed by atoms with E-state index in [1.165, 1.54) is 17.7 Å². The van der Waals surface area contributed by atoms with Crippen LogP contribution in [0.1, 0.15) is 34.1 Å². The summed E-state index contributed by atoms with van der Waals surface area (Å²) in [6.07, 6.45) is 2.53. The molecule has 1 aromatic carbocycles. The van der Waals surface area contributed by atoms with Crippen LogP contribution in [0.2, 0.25) is 0 Å². The normalized spacial score (nSPS) is 15.1. The Morgan fingerprint density at radius 1 is 1.13 bits per heavy atom. The lowest BCUT2D eigenvalue weighted by atomic mass is 10.2. The van der Waals surface area contributed by atoms with E-state index in [2.05, 4.69) is 43.4 Å². The number of thiophene rings is 1. The summed E-state index contributed by atoms with van der Waals surface area (Å²) < 4.78 is 5.12. The van der Waals surface area contributed by atoms with Crippen molar-refractivity contribution in [2.45, 2.75) is 18.9 Å². The third-order valence-electron chi connectivity index (χ3n) is 5.19. The second kappa shape index (κ2) is 13.5. The van der Waals surface area contributed by atoms with Gasteiger partial charge in [-0.2, -0.15) is 0 Å². The molecule has 1 atom stereocenters. The molecule has 3 rings (SSSR count). The number of benzene rings is 1. The number of likely N-dealkylation sites (tertiary alicyclic amines) is 1. The Hall–Kier alpha value is -1.85. The molecule has 2 heterocycles. The molecule has 1 aliphatic rings. The summed E-state index contributed by atoms with van der Waals surface area (Å²) in [7, 11) is 3.37. The van der Waals surface area contributed by atoms with Gasteiger partial charge in [0, 0.05) is 37.1 Å². The Morgan fingerprint density at radius 2 is 1.84 bits per heavy atom. The van der Waals surface area contributed by atoms with Crippen molar-refractivity contribution in [3.8, 4) is 5.75 Å². The third kappa shape index (κ3) is 7.65. The largest absolute Gasteiger partial charge is 0.497 e. The highest BCUT2D eigenvalue weighted by molar-refractivity contribution is 14.0. The summed E-state index contributed by atoms with van der Waals surface area (Å²) in [4.78, 5) is 20.5. The Kier molecular flexibility index (Phi) is 11.1. The Balaban J connectivity index is 0.00000341. The maximum Gasteiger partial charge on any atom is 0.251 e. The predicted octanol–water partition coefficient (Wildman–Crippen LogP) is 3.11. The highest BCUT2D eigenvalue weighted by Crippen LogP contribution is 2.27. The van der Waals surface area contributed by atoms with Gasteiger partial charge in [0.05, 0.1) is 13.2 Å². The topological polar surface area (TPSA) is 78.0 Å². The number of methoxy groups -OCH3 is 1. The monoisotopic (exact) mass is 557 g/mol. The van der Waals surface area contributed by atoms with Gasteiger partial charge in [-0.25, -0.2) is 0 Å². The average Bonchev–Trinajstić information content (AvgIpc) is 3.50. The molecule has 31 heavy (non-hydrogen) atoms. The Morgan fingerprint density at radius 3 is 2.45 bits per heavy atom. The van der Waals surface area contributed by atoms with Crippen molar-refractivity contribution in [3.63, 3.8) is 0 Å². The first-order chi connectivity index (χ1) is 14.7. The third-order valence-corrected chi connectivity index (χ3v) is 6.17. The zero-order valence-electron chi connectivity index (χ0n) is 18.1. The van der Waals surface area contributed by atoms with Crippen molar-refractivity contribution in [2.24, 2.45) is 4.99 Å². The maximum atomic E-state index is 12.2. The molecule has 170 valence electrons. The fourth-order valence-corrected chi connectivity index (χ4v) is 4.42. The van der Waals surface area contributed by atoms with Crippen molar-refractivity contribution in [3.05, 3.63) is 52.2 Å². The number of nitrogens with zero attached hydrogens (tertiary/aromatic N) is 2. The van der Waals surface area contributed by atoms with Gasteiger partial charge in [-0.3, -0.25) is 14.7 Å². The molecule has 1 fully saturated rings. The lowest BCUT2D eigenvalue weighted by Crippen LogP contribution is -2.44. The number of hydrogen-bond acceptors (Lipinski definition) is 5. The standard InChI is InChI=1S/C22H31N5O2S.HI/c1-23-22(25-12-11-24-21(28)17-7-9-18(29-2)10-8-17)26-16-19(20-6-5-15-30-20)27-13-3-4-14-27;/h5-10,15,19H,3-4,11-14,16H2,1-2H3,(H,24,28)(H2,23,25,26);1H. The van der Waals surface area contributed by atoms with Gasteiger partial charge in [0.1, 0.15) is 5.75 Å². The van der Waals surface area contributed by atoms with Crippen LogP contribution in [0.4, 0.5) is 0 Å². The number of aliphatic imine (C=N–C) groups is 1. The van der Waals surface area contributed by atoms with Crippen LogP contribution in [-0.4, -0.2) is 63.6 Å². The fraction of sp³-hybridized carbons (Fsp3) is 0.455. The highest BCUT2D eigenvalue weighted by Gasteiger charge is 2.24. The number of carbonyl (C=O) groups excluding carboxylic acids is 1. The first-order valence-electron chi connectivity index (χ1n) is 10.4. The molecule has 2 aromatic rings. The summed E-state index contributed by atoms with van der Waals surface area (Å²) >= 11 is 1.80. The van der Waals surface area contributed by atoms with E-state index in [0.717, 1.165) is 31.3 Å². The van der Waals surface area contributed by atoms with Gasteiger partial charge in [-0.15, -0.1) is 35.3 Å². The number of nitrogens with one attached hydrogen (secondary N) is 3. The van der Waals surface area contributed by atoms with Gasteiger partial charge in [0.25, 0.3) is 5.91 Å². The van der Waals surface area contributed by atoms with E-state index >= 15 is 0 Å². The fourth-order valence-electron chi connectivity index (χ4n) is 3.56. The molecular weight excluding hydrogens is 525 g/mol. The smallest absolute Gasteiger partial charge is 0.251 e. The molecule has 1 saturated heterocycles. The first-order valence-corrected chi connectivity index (χ1v) is 11.2. The van der Waals surface area contributed by atoms with Crippen LogP contribution in [0.3, 0.4) is 0 Å². The highest BCUT2D eigenvalue weighted by atomic mass is 127. The number of halogens is 1. The predicted molar refractivity (Wildman–Crippen MR) is 138 cm³/mol. The van der Waals surface area contributed by atoms with Gasteiger partial charge in [-0.05, 0) is 61.6 Å². The lowest BCUT2D eigenvalue weighted by molar-refractivity contribution is 0.0954. The summed E-state index contributed by atoms with van der Waals surface area (Å²) in [6, 6.07) is 11.8. The van der Waals surface area contributed by atoms with E-state index in [0.29, 0.717) is 24.7 Å². The van der Waals surface area contributed by atoms with Gasteiger partial charge >= 0.3 is 0 Å². The summed E-state index contributed by atoms with van der Waals surface area (Å²) in [5, 5.41) is 11.8. The number of amides is 1. The minimum Gasteiger partial charge on any atom is -0.497 e. The number of ether oxygens (including phenoxy) is 1.